The van der Waals surface area contributed by atoms with E-state index in [2.05, 4.69) is 58.6 Å². The number of rotatable bonds is 8. The maximum absolute atomic E-state index is 10.9. The number of aliphatic hydroxyl groups is 2. The zero-order chi connectivity index (χ0) is 19.3. The summed E-state index contributed by atoms with van der Waals surface area (Å²) in [6, 6.07) is 4.24. The molecule has 0 aliphatic heterocycles. The van der Waals surface area contributed by atoms with Crippen LogP contribution in [0.1, 0.15) is 71.1 Å². The Morgan fingerprint density at radius 2 is 1.36 bits per heavy atom. The Morgan fingerprint density at radius 1 is 0.840 bits per heavy atom. The van der Waals surface area contributed by atoms with Crippen molar-refractivity contribution in [2.24, 2.45) is 0 Å². The molecule has 1 rings (SSSR count). The van der Waals surface area contributed by atoms with E-state index in [1.807, 2.05) is 0 Å². The van der Waals surface area contributed by atoms with E-state index in [-0.39, 0.29) is 24.0 Å². The largest absolute Gasteiger partial charge is 0.507 e. The predicted octanol–water partition coefficient (Wildman–Crippen LogP) is 3.55. The molecule has 4 heteroatoms. The van der Waals surface area contributed by atoms with Crippen molar-refractivity contribution in [2.45, 2.75) is 71.8 Å². The van der Waals surface area contributed by atoms with E-state index in [1.54, 1.807) is 0 Å². The van der Waals surface area contributed by atoms with Gasteiger partial charge in [0.25, 0.3) is 0 Å². The summed E-state index contributed by atoms with van der Waals surface area (Å²) in [5.74, 6) is 0.374. The average Bonchev–Trinajstić information content (AvgIpc) is 2.49. The fourth-order valence-electron chi connectivity index (χ4n) is 2.92. The summed E-state index contributed by atoms with van der Waals surface area (Å²) >= 11 is 0. The summed E-state index contributed by atoms with van der Waals surface area (Å²) in [4.78, 5) is 2.19. The molecular formula is C21H37NO3. The smallest absolute Gasteiger partial charge is 0.123 e. The summed E-state index contributed by atoms with van der Waals surface area (Å²) < 4.78 is 0. The van der Waals surface area contributed by atoms with Gasteiger partial charge >= 0.3 is 0 Å². The average molecular weight is 352 g/mol. The third-order valence-electron chi connectivity index (χ3n) is 4.52. The number of phenols is 1. The number of benzene rings is 1. The van der Waals surface area contributed by atoms with E-state index >= 15 is 0 Å². The van der Waals surface area contributed by atoms with Crippen molar-refractivity contribution in [3.63, 3.8) is 0 Å². The van der Waals surface area contributed by atoms with Crippen molar-refractivity contribution in [1.82, 2.24) is 4.90 Å². The van der Waals surface area contributed by atoms with Crippen LogP contribution in [0.15, 0.2) is 12.1 Å². The third-order valence-corrected chi connectivity index (χ3v) is 4.52. The molecule has 1 aromatic rings. The van der Waals surface area contributed by atoms with E-state index in [1.165, 1.54) is 5.56 Å². The van der Waals surface area contributed by atoms with E-state index in [4.69, 9.17) is 10.2 Å². The topological polar surface area (TPSA) is 63.9 Å². The van der Waals surface area contributed by atoms with Gasteiger partial charge in [-0.1, -0.05) is 53.7 Å². The second-order valence-corrected chi connectivity index (χ2v) is 8.96. The van der Waals surface area contributed by atoms with Crippen molar-refractivity contribution in [3.05, 3.63) is 28.8 Å². The van der Waals surface area contributed by atoms with E-state index in [9.17, 15) is 5.11 Å². The fourth-order valence-corrected chi connectivity index (χ4v) is 2.92. The second kappa shape index (κ2) is 9.02. The molecule has 0 saturated heterocycles. The van der Waals surface area contributed by atoms with Crippen LogP contribution in [0.4, 0.5) is 0 Å². The highest BCUT2D eigenvalue weighted by molar-refractivity contribution is 5.48. The molecule has 0 heterocycles. The quantitative estimate of drug-likeness (QED) is 0.670. The van der Waals surface area contributed by atoms with Gasteiger partial charge in [-0.25, -0.2) is 0 Å². The number of phenolic OH excluding ortho intramolecular Hbond substituents is 1. The number of aromatic hydroxyl groups is 1. The van der Waals surface area contributed by atoms with Crippen molar-refractivity contribution in [1.29, 1.82) is 0 Å². The number of hydrogen-bond acceptors (Lipinski definition) is 4. The molecule has 25 heavy (non-hydrogen) atoms. The van der Waals surface area contributed by atoms with Crippen molar-refractivity contribution in [3.8, 4) is 5.75 Å². The maximum atomic E-state index is 10.9. The number of hydrogen-bond donors (Lipinski definition) is 3. The maximum Gasteiger partial charge on any atom is 0.123 e. The van der Waals surface area contributed by atoms with Crippen LogP contribution in [-0.4, -0.2) is 46.5 Å². The molecule has 0 aromatic heterocycles. The molecule has 0 spiro atoms. The summed E-state index contributed by atoms with van der Waals surface area (Å²) in [6.07, 6.45) is 1.38. The van der Waals surface area contributed by atoms with Crippen molar-refractivity contribution in [2.75, 3.05) is 26.3 Å². The second-order valence-electron chi connectivity index (χ2n) is 8.96. The number of nitrogens with zero attached hydrogens (tertiary/aromatic N) is 1. The lowest BCUT2D eigenvalue weighted by atomic mass is 9.79. The molecule has 0 saturated carbocycles. The summed E-state index contributed by atoms with van der Waals surface area (Å²) in [6.45, 7) is 15.3. The lowest BCUT2D eigenvalue weighted by Crippen LogP contribution is -2.27. The van der Waals surface area contributed by atoms with Gasteiger partial charge in [-0.15, -0.1) is 0 Å². The molecule has 0 fully saturated rings. The molecule has 0 amide bonds. The van der Waals surface area contributed by atoms with E-state index in [0.29, 0.717) is 25.1 Å². The first-order valence-electron chi connectivity index (χ1n) is 9.31. The first-order chi connectivity index (χ1) is 11.5. The van der Waals surface area contributed by atoms with E-state index in [0.717, 1.165) is 24.2 Å². The minimum absolute atomic E-state index is 0.00345. The highest BCUT2D eigenvalue weighted by atomic mass is 16.3. The normalized spacial score (nSPS) is 12.8. The molecule has 144 valence electrons. The highest BCUT2D eigenvalue weighted by Crippen LogP contribution is 2.38. The van der Waals surface area contributed by atoms with Gasteiger partial charge in [-0.3, -0.25) is 4.90 Å². The van der Waals surface area contributed by atoms with Gasteiger partial charge in [0.15, 0.2) is 0 Å². The zero-order valence-electron chi connectivity index (χ0n) is 16.9. The fraction of sp³-hybridized carbons (Fsp3) is 0.714. The first-order valence-corrected chi connectivity index (χ1v) is 9.31. The van der Waals surface area contributed by atoms with Crippen LogP contribution in [0, 0.1) is 0 Å². The van der Waals surface area contributed by atoms with Gasteiger partial charge < -0.3 is 15.3 Å². The lowest BCUT2D eigenvalue weighted by molar-refractivity contribution is 0.195. The summed E-state index contributed by atoms with van der Waals surface area (Å²) in [5, 5.41) is 29.2. The molecule has 0 atom stereocenters. The van der Waals surface area contributed by atoms with Crippen LogP contribution < -0.4 is 0 Å². The van der Waals surface area contributed by atoms with Gasteiger partial charge in [0.2, 0.25) is 0 Å². The van der Waals surface area contributed by atoms with Crippen LogP contribution in [0.25, 0.3) is 0 Å². The summed E-state index contributed by atoms with van der Waals surface area (Å²) in [7, 11) is 0. The van der Waals surface area contributed by atoms with Crippen LogP contribution in [0.2, 0.25) is 0 Å². The Hall–Kier alpha value is -1.10. The van der Waals surface area contributed by atoms with Gasteiger partial charge in [0, 0.05) is 38.4 Å². The van der Waals surface area contributed by atoms with Crippen molar-refractivity contribution < 1.29 is 15.3 Å². The minimum Gasteiger partial charge on any atom is -0.507 e. The molecule has 4 nitrogen and oxygen atoms in total. The SMILES string of the molecule is CC(C)(C)c1cc(CN(CCCO)CCCO)c(O)c(C(C)(C)C)c1. The Bertz CT molecular complexity index is 533. The van der Waals surface area contributed by atoms with Crippen LogP contribution in [-0.2, 0) is 17.4 Å². The number of aliphatic hydroxyl groups excluding tert-OH is 2. The zero-order valence-corrected chi connectivity index (χ0v) is 16.9. The van der Waals surface area contributed by atoms with Gasteiger partial charge in [-0.05, 0) is 34.8 Å². The van der Waals surface area contributed by atoms with Gasteiger partial charge in [0.1, 0.15) is 5.75 Å². The van der Waals surface area contributed by atoms with Gasteiger partial charge in [-0.2, -0.15) is 0 Å². The van der Waals surface area contributed by atoms with Crippen LogP contribution in [0.3, 0.4) is 0 Å². The standard InChI is InChI=1S/C21H37NO3/c1-20(2,3)17-13-16(19(25)18(14-17)21(4,5)6)15-22(9-7-11-23)10-8-12-24/h13-14,23-25H,7-12,15H2,1-6H3. The molecule has 0 bridgehead atoms. The Balaban J connectivity index is 3.26. The highest BCUT2D eigenvalue weighted by Gasteiger charge is 2.25. The minimum atomic E-state index is -0.138. The van der Waals surface area contributed by atoms with Crippen molar-refractivity contribution >= 4 is 0 Å². The van der Waals surface area contributed by atoms with Crippen LogP contribution in [0.5, 0.6) is 5.75 Å². The molecule has 0 aliphatic carbocycles. The molecule has 0 radical (unpaired) electrons. The predicted molar refractivity (Wildman–Crippen MR) is 104 cm³/mol. The molecule has 0 unspecified atom stereocenters. The summed E-state index contributed by atoms with van der Waals surface area (Å²) in [5.41, 5.74) is 2.98. The molecule has 3 N–H and O–H groups in total. The Labute approximate surface area is 153 Å². The Morgan fingerprint density at radius 3 is 1.76 bits per heavy atom. The third kappa shape index (κ3) is 6.61. The lowest BCUT2D eigenvalue weighted by Gasteiger charge is -2.29. The Kier molecular flexibility index (Phi) is 7.91. The monoisotopic (exact) mass is 351 g/mol. The molecular weight excluding hydrogens is 314 g/mol. The van der Waals surface area contributed by atoms with Gasteiger partial charge in [0.05, 0.1) is 0 Å². The van der Waals surface area contributed by atoms with Crippen LogP contribution >= 0.6 is 0 Å². The molecule has 0 aliphatic rings. The first kappa shape index (κ1) is 21.9. The molecule has 1 aromatic carbocycles. The van der Waals surface area contributed by atoms with E-state index < -0.39 is 0 Å².